The highest BCUT2D eigenvalue weighted by Gasteiger charge is 2.13. The number of rotatable bonds is 4. The molecular formula is C15H15ClN2OS. The third-order valence-electron chi connectivity index (χ3n) is 2.83. The molecule has 0 aliphatic carbocycles. The van der Waals surface area contributed by atoms with E-state index < -0.39 is 0 Å². The van der Waals surface area contributed by atoms with Gasteiger partial charge in [0.25, 0.3) is 0 Å². The predicted octanol–water partition coefficient (Wildman–Crippen LogP) is 4.45. The van der Waals surface area contributed by atoms with Crippen molar-refractivity contribution in [2.45, 2.75) is 11.8 Å². The maximum absolute atomic E-state index is 7.73. The van der Waals surface area contributed by atoms with E-state index in [2.05, 4.69) is 0 Å². The number of nitrogens with one attached hydrogen (secondary N) is 1. The maximum Gasteiger partial charge on any atom is 0.139 e. The average molecular weight is 307 g/mol. The second-order valence-electron chi connectivity index (χ2n) is 4.26. The van der Waals surface area contributed by atoms with Gasteiger partial charge in [-0.2, -0.15) is 0 Å². The van der Waals surface area contributed by atoms with Crippen LogP contribution in [0.4, 0.5) is 0 Å². The van der Waals surface area contributed by atoms with Gasteiger partial charge in [-0.15, -0.1) is 11.8 Å². The van der Waals surface area contributed by atoms with Crippen molar-refractivity contribution < 1.29 is 4.74 Å². The molecule has 2 rings (SSSR count). The Morgan fingerprint density at radius 3 is 2.65 bits per heavy atom. The molecule has 3 N–H and O–H groups in total. The van der Waals surface area contributed by atoms with Crippen LogP contribution in [0.25, 0.3) is 0 Å². The van der Waals surface area contributed by atoms with Gasteiger partial charge in [-0.25, -0.2) is 0 Å². The van der Waals surface area contributed by atoms with E-state index in [0.29, 0.717) is 22.1 Å². The first-order valence-electron chi connectivity index (χ1n) is 5.98. The first kappa shape index (κ1) is 14.8. The lowest BCUT2D eigenvalue weighted by Gasteiger charge is -2.13. The molecule has 0 amide bonds. The van der Waals surface area contributed by atoms with Gasteiger partial charge in [-0.05, 0) is 49.1 Å². The SMILES string of the molecule is CSc1cccc(Oc2ccc(Cl)c(C)c2)c1C(=N)N. The van der Waals surface area contributed by atoms with Gasteiger partial charge < -0.3 is 10.5 Å². The second kappa shape index (κ2) is 6.20. The molecular weight excluding hydrogens is 292 g/mol. The summed E-state index contributed by atoms with van der Waals surface area (Å²) in [5.74, 6) is 1.24. The summed E-state index contributed by atoms with van der Waals surface area (Å²) in [6.07, 6.45) is 1.94. The highest BCUT2D eigenvalue weighted by atomic mass is 35.5. The van der Waals surface area contributed by atoms with Crippen LogP contribution in [-0.4, -0.2) is 12.1 Å². The zero-order valence-corrected chi connectivity index (χ0v) is 12.8. The highest BCUT2D eigenvalue weighted by molar-refractivity contribution is 7.98. The van der Waals surface area contributed by atoms with Gasteiger partial charge in [0.15, 0.2) is 0 Å². The molecule has 2 aromatic carbocycles. The van der Waals surface area contributed by atoms with E-state index in [-0.39, 0.29) is 5.84 Å². The molecule has 104 valence electrons. The van der Waals surface area contributed by atoms with Crippen LogP contribution in [-0.2, 0) is 0 Å². The van der Waals surface area contributed by atoms with Crippen LogP contribution in [0.1, 0.15) is 11.1 Å². The average Bonchev–Trinajstić information content (AvgIpc) is 2.42. The lowest BCUT2D eigenvalue weighted by Crippen LogP contribution is -2.13. The van der Waals surface area contributed by atoms with Crippen molar-refractivity contribution in [3.8, 4) is 11.5 Å². The number of amidine groups is 1. The van der Waals surface area contributed by atoms with Crippen LogP contribution in [0.3, 0.4) is 0 Å². The molecule has 0 fully saturated rings. The molecule has 20 heavy (non-hydrogen) atoms. The van der Waals surface area contributed by atoms with Crippen molar-refractivity contribution in [2.75, 3.05) is 6.26 Å². The standard InChI is InChI=1S/C15H15ClN2OS/c1-9-8-10(6-7-11(9)16)19-12-4-3-5-13(20-2)14(12)15(17)18/h3-8H,1-2H3,(H3,17,18). The van der Waals surface area contributed by atoms with Crippen molar-refractivity contribution in [3.05, 3.63) is 52.5 Å². The van der Waals surface area contributed by atoms with Crippen molar-refractivity contribution >= 4 is 29.2 Å². The molecule has 0 aliphatic heterocycles. The topological polar surface area (TPSA) is 59.1 Å². The van der Waals surface area contributed by atoms with Crippen molar-refractivity contribution in [2.24, 2.45) is 5.73 Å². The molecule has 0 saturated heterocycles. The van der Waals surface area contributed by atoms with E-state index in [1.807, 2.05) is 31.4 Å². The first-order valence-corrected chi connectivity index (χ1v) is 7.58. The van der Waals surface area contributed by atoms with Gasteiger partial charge in [0, 0.05) is 9.92 Å². The molecule has 0 aromatic heterocycles. The molecule has 0 aliphatic rings. The first-order chi connectivity index (χ1) is 9.52. The molecule has 0 bridgehead atoms. The number of hydrogen-bond acceptors (Lipinski definition) is 3. The van der Waals surface area contributed by atoms with E-state index in [4.69, 9.17) is 27.5 Å². The normalized spacial score (nSPS) is 10.3. The van der Waals surface area contributed by atoms with E-state index in [0.717, 1.165) is 10.5 Å². The van der Waals surface area contributed by atoms with Crippen molar-refractivity contribution in [3.63, 3.8) is 0 Å². The van der Waals surface area contributed by atoms with Crippen molar-refractivity contribution in [1.29, 1.82) is 5.41 Å². The number of hydrogen-bond donors (Lipinski definition) is 2. The largest absolute Gasteiger partial charge is 0.457 e. The Balaban J connectivity index is 2.42. The van der Waals surface area contributed by atoms with Gasteiger partial charge in [0.1, 0.15) is 17.3 Å². The number of halogens is 1. The van der Waals surface area contributed by atoms with E-state index in [1.165, 1.54) is 11.8 Å². The minimum Gasteiger partial charge on any atom is -0.457 e. The smallest absolute Gasteiger partial charge is 0.139 e. The molecule has 5 heteroatoms. The minimum atomic E-state index is -0.00404. The molecule has 2 aromatic rings. The molecule has 0 unspecified atom stereocenters. The van der Waals surface area contributed by atoms with E-state index in [1.54, 1.807) is 18.2 Å². The Hall–Kier alpha value is -1.65. The minimum absolute atomic E-state index is 0.00404. The third kappa shape index (κ3) is 3.08. The number of benzene rings is 2. The Morgan fingerprint density at radius 2 is 2.05 bits per heavy atom. The summed E-state index contributed by atoms with van der Waals surface area (Å²) in [7, 11) is 0. The van der Waals surface area contributed by atoms with E-state index in [9.17, 15) is 0 Å². The quantitative estimate of drug-likeness (QED) is 0.498. The molecule has 3 nitrogen and oxygen atoms in total. The van der Waals surface area contributed by atoms with Gasteiger partial charge in [-0.1, -0.05) is 17.7 Å². The molecule has 0 heterocycles. The molecule has 0 spiro atoms. The number of aryl methyl sites for hydroxylation is 1. The summed E-state index contributed by atoms with van der Waals surface area (Å²) in [5.41, 5.74) is 7.23. The lowest BCUT2D eigenvalue weighted by molar-refractivity contribution is 0.479. The zero-order valence-electron chi connectivity index (χ0n) is 11.2. The summed E-state index contributed by atoms with van der Waals surface area (Å²) in [6, 6.07) is 11.1. The fraction of sp³-hybridized carbons (Fsp3) is 0.133. The van der Waals surface area contributed by atoms with Crippen LogP contribution >= 0.6 is 23.4 Å². The van der Waals surface area contributed by atoms with Crippen LogP contribution in [0.5, 0.6) is 11.5 Å². The summed E-state index contributed by atoms with van der Waals surface area (Å²) in [6.45, 7) is 1.92. The van der Waals surface area contributed by atoms with Crippen LogP contribution in [0, 0.1) is 12.3 Å². The Bertz CT molecular complexity index is 658. The number of thioether (sulfide) groups is 1. The van der Waals surface area contributed by atoms with Gasteiger partial charge in [0.05, 0.1) is 5.56 Å². The molecule has 0 saturated carbocycles. The Morgan fingerprint density at radius 1 is 1.30 bits per heavy atom. The predicted molar refractivity (Wildman–Crippen MR) is 85.5 cm³/mol. The van der Waals surface area contributed by atoms with Crippen LogP contribution < -0.4 is 10.5 Å². The third-order valence-corrected chi connectivity index (χ3v) is 4.04. The maximum atomic E-state index is 7.73. The summed E-state index contributed by atoms with van der Waals surface area (Å²) >= 11 is 7.53. The van der Waals surface area contributed by atoms with Gasteiger partial charge >= 0.3 is 0 Å². The number of nitrogens with two attached hydrogens (primary N) is 1. The lowest BCUT2D eigenvalue weighted by atomic mass is 10.2. The van der Waals surface area contributed by atoms with E-state index >= 15 is 0 Å². The van der Waals surface area contributed by atoms with Gasteiger partial charge in [0.2, 0.25) is 0 Å². The zero-order chi connectivity index (χ0) is 14.7. The fourth-order valence-electron chi connectivity index (χ4n) is 1.84. The summed E-state index contributed by atoms with van der Waals surface area (Å²) in [4.78, 5) is 0.917. The number of nitrogen functional groups attached to an aromatic ring is 1. The second-order valence-corrected chi connectivity index (χ2v) is 5.52. The Labute approximate surface area is 127 Å². The number of ether oxygens (including phenoxy) is 1. The highest BCUT2D eigenvalue weighted by Crippen LogP contribution is 2.32. The molecule has 0 atom stereocenters. The monoisotopic (exact) mass is 306 g/mol. The van der Waals surface area contributed by atoms with Crippen molar-refractivity contribution in [1.82, 2.24) is 0 Å². The van der Waals surface area contributed by atoms with Crippen LogP contribution in [0.15, 0.2) is 41.3 Å². The summed E-state index contributed by atoms with van der Waals surface area (Å²) < 4.78 is 5.86. The van der Waals surface area contributed by atoms with Crippen LogP contribution in [0.2, 0.25) is 5.02 Å². The fourth-order valence-corrected chi connectivity index (χ4v) is 2.59. The van der Waals surface area contributed by atoms with Gasteiger partial charge in [-0.3, -0.25) is 5.41 Å². The Kier molecular flexibility index (Phi) is 4.57. The molecule has 0 radical (unpaired) electrons. The summed E-state index contributed by atoms with van der Waals surface area (Å²) in [5, 5.41) is 8.42.